The molecule has 0 aromatic carbocycles. The summed E-state index contributed by atoms with van der Waals surface area (Å²) in [5.74, 6) is 1.14. The molecule has 1 atom stereocenters. The molecule has 2 aromatic rings. The first-order chi connectivity index (χ1) is 7.88. The van der Waals surface area contributed by atoms with Crippen LogP contribution in [0.4, 0.5) is 0 Å². The van der Waals surface area contributed by atoms with Gasteiger partial charge in [0, 0.05) is 10.8 Å². The van der Waals surface area contributed by atoms with Crippen molar-refractivity contribution in [3.63, 3.8) is 0 Å². The Bertz CT molecular complexity index is 510. The molecular weight excluding hydrogens is 236 g/mol. The second-order valence-electron chi connectivity index (χ2n) is 5.03. The van der Waals surface area contributed by atoms with Gasteiger partial charge in [0.15, 0.2) is 5.82 Å². The van der Waals surface area contributed by atoms with Crippen molar-refractivity contribution >= 4 is 11.3 Å². The van der Waals surface area contributed by atoms with E-state index in [1.165, 1.54) is 11.3 Å². The van der Waals surface area contributed by atoms with Crippen LogP contribution in [0, 0.1) is 0 Å². The molecule has 17 heavy (non-hydrogen) atoms. The molecule has 2 aromatic heterocycles. The number of rotatable bonds is 2. The van der Waals surface area contributed by atoms with Crippen molar-refractivity contribution in [1.82, 2.24) is 15.1 Å². The molecule has 2 rings (SSSR count). The molecule has 5 nitrogen and oxygen atoms in total. The van der Waals surface area contributed by atoms with Crippen LogP contribution in [0.25, 0.3) is 11.6 Å². The molecule has 0 fully saturated rings. The van der Waals surface area contributed by atoms with Crippen LogP contribution in [-0.2, 0) is 5.41 Å². The highest BCUT2D eigenvalue weighted by molar-refractivity contribution is 7.10. The SMILES string of the molecule is CC(N)c1nc(-c2nc(C(C)(C)C)no2)cs1. The van der Waals surface area contributed by atoms with Crippen LogP contribution in [0.2, 0.25) is 0 Å². The Morgan fingerprint density at radius 2 is 2.06 bits per heavy atom. The van der Waals surface area contributed by atoms with Gasteiger partial charge >= 0.3 is 0 Å². The van der Waals surface area contributed by atoms with Gasteiger partial charge in [0.25, 0.3) is 5.89 Å². The Balaban J connectivity index is 2.31. The van der Waals surface area contributed by atoms with E-state index >= 15 is 0 Å². The maximum atomic E-state index is 5.76. The summed E-state index contributed by atoms with van der Waals surface area (Å²) < 4.78 is 5.21. The average Bonchev–Trinajstić information content (AvgIpc) is 2.85. The first kappa shape index (κ1) is 12.2. The number of aromatic nitrogens is 3. The molecule has 0 aliphatic heterocycles. The molecule has 2 N–H and O–H groups in total. The Morgan fingerprint density at radius 3 is 2.53 bits per heavy atom. The van der Waals surface area contributed by atoms with Gasteiger partial charge in [0.2, 0.25) is 0 Å². The van der Waals surface area contributed by atoms with Crippen LogP contribution in [0.15, 0.2) is 9.90 Å². The van der Waals surface area contributed by atoms with Crippen molar-refractivity contribution < 1.29 is 4.52 Å². The molecule has 0 saturated carbocycles. The van der Waals surface area contributed by atoms with Crippen LogP contribution >= 0.6 is 11.3 Å². The minimum Gasteiger partial charge on any atom is -0.332 e. The van der Waals surface area contributed by atoms with Crippen LogP contribution in [0.5, 0.6) is 0 Å². The van der Waals surface area contributed by atoms with Gasteiger partial charge in [-0.15, -0.1) is 11.3 Å². The van der Waals surface area contributed by atoms with E-state index in [1.807, 2.05) is 33.1 Å². The monoisotopic (exact) mass is 252 g/mol. The zero-order chi connectivity index (χ0) is 12.6. The standard InChI is InChI=1S/C11H16N4OS/c1-6(12)9-13-7(5-17-9)8-14-10(15-16-8)11(2,3)4/h5-6H,12H2,1-4H3. The lowest BCUT2D eigenvalue weighted by atomic mass is 9.96. The van der Waals surface area contributed by atoms with E-state index in [9.17, 15) is 0 Å². The number of nitrogens with zero attached hydrogens (tertiary/aromatic N) is 3. The van der Waals surface area contributed by atoms with Gasteiger partial charge in [-0.1, -0.05) is 25.9 Å². The number of hydrogen-bond acceptors (Lipinski definition) is 6. The molecule has 0 saturated heterocycles. The minimum absolute atomic E-state index is 0.0706. The van der Waals surface area contributed by atoms with Crippen molar-refractivity contribution in [2.45, 2.75) is 39.2 Å². The molecule has 1 unspecified atom stereocenters. The first-order valence-electron chi connectivity index (χ1n) is 5.43. The van der Waals surface area contributed by atoms with Crippen molar-refractivity contribution in [2.24, 2.45) is 5.73 Å². The Morgan fingerprint density at radius 1 is 1.35 bits per heavy atom. The topological polar surface area (TPSA) is 77.8 Å². The second kappa shape index (κ2) is 4.19. The summed E-state index contributed by atoms with van der Waals surface area (Å²) in [7, 11) is 0. The summed E-state index contributed by atoms with van der Waals surface area (Å²) >= 11 is 1.51. The quantitative estimate of drug-likeness (QED) is 0.888. The van der Waals surface area contributed by atoms with Crippen LogP contribution in [-0.4, -0.2) is 15.1 Å². The van der Waals surface area contributed by atoms with Crippen molar-refractivity contribution in [3.05, 3.63) is 16.2 Å². The highest BCUT2D eigenvalue weighted by Gasteiger charge is 2.22. The highest BCUT2D eigenvalue weighted by atomic mass is 32.1. The number of nitrogens with two attached hydrogens (primary N) is 1. The van der Waals surface area contributed by atoms with Crippen molar-refractivity contribution in [3.8, 4) is 11.6 Å². The van der Waals surface area contributed by atoms with Gasteiger partial charge in [-0.2, -0.15) is 4.98 Å². The average molecular weight is 252 g/mol. The smallest absolute Gasteiger partial charge is 0.277 e. The Labute approximate surface area is 104 Å². The van der Waals surface area contributed by atoms with Gasteiger partial charge in [0.05, 0.1) is 6.04 Å². The summed E-state index contributed by atoms with van der Waals surface area (Å²) in [4.78, 5) is 8.72. The molecular formula is C11H16N4OS. The van der Waals surface area contributed by atoms with Crippen LogP contribution in [0.3, 0.4) is 0 Å². The molecule has 0 radical (unpaired) electrons. The van der Waals surface area contributed by atoms with E-state index in [1.54, 1.807) is 0 Å². The lowest BCUT2D eigenvalue weighted by Crippen LogP contribution is -2.13. The van der Waals surface area contributed by atoms with E-state index in [2.05, 4.69) is 15.1 Å². The summed E-state index contributed by atoms with van der Waals surface area (Å²) in [6.07, 6.45) is 0. The first-order valence-corrected chi connectivity index (χ1v) is 6.31. The summed E-state index contributed by atoms with van der Waals surface area (Å²) in [6, 6.07) is -0.0706. The number of hydrogen-bond donors (Lipinski definition) is 1. The fraction of sp³-hybridized carbons (Fsp3) is 0.545. The van der Waals surface area contributed by atoms with Crippen molar-refractivity contribution in [1.29, 1.82) is 0 Å². The molecule has 0 bridgehead atoms. The van der Waals surface area contributed by atoms with E-state index in [4.69, 9.17) is 10.3 Å². The van der Waals surface area contributed by atoms with E-state index < -0.39 is 0 Å². The van der Waals surface area contributed by atoms with E-state index in [-0.39, 0.29) is 11.5 Å². The lowest BCUT2D eigenvalue weighted by Gasteiger charge is -2.10. The zero-order valence-corrected chi connectivity index (χ0v) is 11.2. The fourth-order valence-electron chi connectivity index (χ4n) is 1.23. The lowest BCUT2D eigenvalue weighted by molar-refractivity contribution is 0.401. The van der Waals surface area contributed by atoms with Gasteiger partial charge < -0.3 is 10.3 Å². The third kappa shape index (κ3) is 2.53. The number of thiazole rings is 1. The normalized spacial score (nSPS) is 13.9. The summed E-state index contributed by atoms with van der Waals surface area (Å²) in [6.45, 7) is 8.01. The molecule has 0 aliphatic rings. The van der Waals surface area contributed by atoms with Gasteiger partial charge in [-0.05, 0) is 6.92 Å². The Kier molecular flexibility index (Phi) is 3.01. The molecule has 2 heterocycles. The third-order valence-corrected chi connectivity index (χ3v) is 3.27. The van der Waals surface area contributed by atoms with Crippen LogP contribution < -0.4 is 5.73 Å². The van der Waals surface area contributed by atoms with Gasteiger partial charge in [-0.3, -0.25) is 0 Å². The van der Waals surface area contributed by atoms with Crippen molar-refractivity contribution in [2.75, 3.05) is 0 Å². The third-order valence-electron chi connectivity index (χ3n) is 2.23. The van der Waals surface area contributed by atoms with E-state index in [0.29, 0.717) is 17.4 Å². The summed E-state index contributed by atoms with van der Waals surface area (Å²) in [5, 5.41) is 6.72. The van der Waals surface area contributed by atoms with Crippen LogP contribution in [0.1, 0.15) is 44.6 Å². The van der Waals surface area contributed by atoms with Gasteiger partial charge in [0.1, 0.15) is 10.7 Å². The minimum atomic E-state index is -0.123. The molecule has 0 aliphatic carbocycles. The maximum Gasteiger partial charge on any atom is 0.277 e. The largest absolute Gasteiger partial charge is 0.332 e. The predicted molar refractivity (Wildman–Crippen MR) is 66.7 cm³/mol. The molecule has 0 spiro atoms. The zero-order valence-electron chi connectivity index (χ0n) is 10.4. The molecule has 6 heteroatoms. The highest BCUT2D eigenvalue weighted by Crippen LogP contribution is 2.26. The Hall–Kier alpha value is -1.27. The fourth-order valence-corrected chi connectivity index (χ4v) is 1.98. The molecule has 92 valence electrons. The summed E-state index contributed by atoms with van der Waals surface area (Å²) in [5.41, 5.74) is 6.34. The predicted octanol–water partition coefficient (Wildman–Crippen LogP) is 2.51. The van der Waals surface area contributed by atoms with E-state index in [0.717, 1.165) is 5.01 Å². The maximum absolute atomic E-state index is 5.76. The van der Waals surface area contributed by atoms with Gasteiger partial charge in [-0.25, -0.2) is 4.98 Å². The second-order valence-corrected chi connectivity index (χ2v) is 5.92. The molecule has 0 amide bonds.